The molecule has 0 bridgehead atoms. The quantitative estimate of drug-likeness (QED) is 0.839. The van der Waals surface area contributed by atoms with Gasteiger partial charge in [0.2, 0.25) is 0 Å². The monoisotopic (exact) mass is 305 g/mol. The molecule has 0 aromatic carbocycles. The first-order chi connectivity index (χ1) is 10.6. The summed E-state index contributed by atoms with van der Waals surface area (Å²) >= 11 is 0. The van der Waals surface area contributed by atoms with Gasteiger partial charge in [-0.05, 0) is 12.1 Å². The minimum atomic E-state index is -0.0690. The lowest BCUT2D eigenvalue weighted by atomic mass is 9.82. The van der Waals surface area contributed by atoms with Crippen LogP contribution in [0, 0.1) is 11.3 Å². The van der Waals surface area contributed by atoms with E-state index >= 15 is 0 Å². The fraction of sp³-hybridized carbons (Fsp3) is 0.625. The maximum Gasteiger partial charge on any atom is 0.319 e. The number of carbonyl (C=O) groups excluding carboxylic acids is 1. The number of hydrogen-bond donors (Lipinski definition) is 0. The molecule has 0 spiro atoms. The van der Waals surface area contributed by atoms with E-state index in [1.807, 2.05) is 23.1 Å². The van der Waals surface area contributed by atoms with E-state index in [1.54, 1.807) is 25.2 Å². The summed E-state index contributed by atoms with van der Waals surface area (Å²) in [5.41, 5.74) is 0.856. The molecule has 0 aliphatic carbocycles. The molecular formula is C16H23N3O3. The average molecular weight is 305 g/mol. The Morgan fingerprint density at radius 2 is 2.41 bits per heavy atom. The zero-order chi connectivity index (χ0) is 15.6. The summed E-state index contributed by atoms with van der Waals surface area (Å²) in [6.45, 7) is 3.94. The van der Waals surface area contributed by atoms with E-state index < -0.39 is 0 Å². The van der Waals surface area contributed by atoms with E-state index in [0.717, 1.165) is 12.2 Å². The molecule has 2 aliphatic heterocycles. The summed E-state index contributed by atoms with van der Waals surface area (Å²) in [5, 5.41) is 0. The molecule has 2 atom stereocenters. The molecular weight excluding hydrogens is 282 g/mol. The fourth-order valence-corrected chi connectivity index (χ4v) is 3.31. The second-order valence-electron chi connectivity index (χ2n) is 6.45. The van der Waals surface area contributed by atoms with Gasteiger partial charge in [0.25, 0.3) is 0 Å². The molecule has 1 aromatic rings. The Morgan fingerprint density at radius 3 is 3.14 bits per heavy atom. The zero-order valence-electron chi connectivity index (χ0n) is 13.2. The fourth-order valence-electron chi connectivity index (χ4n) is 3.31. The first-order valence-corrected chi connectivity index (χ1v) is 7.62. The minimum absolute atomic E-state index is 0.0681. The summed E-state index contributed by atoms with van der Waals surface area (Å²) in [7, 11) is 3.58. The summed E-state index contributed by atoms with van der Waals surface area (Å²) < 4.78 is 11.6. The summed E-state index contributed by atoms with van der Waals surface area (Å²) in [5.74, 6) is 0.361. The van der Waals surface area contributed by atoms with Crippen molar-refractivity contribution < 1.29 is 14.3 Å². The van der Waals surface area contributed by atoms with Crippen molar-refractivity contribution in [3.63, 3.8) is 0 Å². The molecule has 0 unspecified atom stereocenters. The number of ether oxygens (including phenoxy) is 2. The van der Waals surface area contributed by atoms with Crippen molar-refractivity contribution in [1.82, 2.24) is 14.8 Å². The Balaban J connectivity index is 1.60. The normalized spacial score (nSPS) is 27.0. The van der Waals surface area contributed by atoms with Crippen molar-refractivity contribution in [3.05, 3.63) is 30.1 Å². The number of likely N-dealkylation sites (tertiary alicyclic amines) is 1. The third-order valence-electron chi connectivity index (χ3n) is 4.54. The number of hydrogen-bond acceptors (Lipinski definition) is 4. The van der Waals surface area contributed by atoms with Crippen LogP contribution in [0.25, 0.3) is 0 Å². The zero-order valence-corrected chi connectivity index (χ0v) is 13.2. The van der Waals surface area contributed by atoms with Crippen LogP contribution in [0.2, 0.25) is 0 Å². The van der Waals surface area contributed by atoms with Crippen LogP contribution >= 0.6 is 0 Å². The van der Waals surface area contributed by atoms with Gasteiger partial charge in [-0.15, -0.1) is 0 Å². The van der Waals surface area contributed by atoms with Crippen molar-refractivity contribution in [1.29, 1.82) is 0 Å². The van der Waals surface area contributed by atoms with Gasteiger partial charge in [0, 0.05) is 44.7 Å². The van der Waals surface area contributed by atoms with Crippen LogP contribution < -0.4 is 0 Å². The number of aromatic nitrogens is 1. The van der Waals surface area contributed by atoms with E-state index in [0.29, 0.717) is 38.9 Å². The largest absolute Gasteiger partial charge is 0.380 e. The molecule has 3 rings (SSSR count). The van der Waals surface area contributed by atoms with Crippen LogP contribution in [-0.2, 0) is 16.1 Å². The highest BCUT2D eigenvalue weighted by Gasteiger charge is 2.52. The summed E-state index contributed by atoms with van der Waals surface area (Å²) in [4.78, 5) is 20.0. The van der Waals surface area contributed by atoms with Gasteiger partial charge < -0.3 is 19.3 Å². The first kappa shape index (κ1) is 15.2. The highest BCUT2D eigenvalue weighted by Crippen LogP contribution is 2.41. The third-order valence-corrected chi connectivity index (χ3v) is 4.54. The molecule has 0 saturated carbocycles. The molecule has 2 amide bonds. The van der Waals surface area contributed by atoms with Crippen molar-refractivity contribution in [2.45, 2.75) is 6.61 Å². The van der Waals surface area contributed by atoms with Crippen LogP contribution in [0.1, 0.15) is 5.69 Å². The van der Waals surface area contributed by atoms with Gasteiger partial charge in [-0.2, -0.15) is 0 Å². The number of pyridine rings is 1. The molecule has 3 heterocycles. The van der Waals surface area contributed by atoms with Crippen molar-refractivity contribution in [3.8, 4) is 0 Å². The second-order valence-corrected chi connectivity index (χ2v) is 6.45. The van der Waals surface area contributed by atoms with Crippen LogP contribution in [0.5, 0.6) is 0 Å². The standard InChI is InChI=1S/C16H23N3O3/c1-18(2)15(20)19-7-13-8-21-11-16(13,10-19)12-22-9-14-5-3-4-6-17-14/h3-6,13H,7-12H2,1-2H3/t13-,16+/m1/s1. The van der Waals surface area contributed by atoms with Gasteiger partial charge in [0.05, 0.1) is 32.1 Å². The van der Waals surface area contributed by atoms with Gasteiger partial charge in [-0.1, -0.05) is 6.07 Å². The van der Waals surface area contributed by atoms with Crippen LogP contribution in [0.3, 0.4) is 0 Å². The van der Waals surface area contributed by atoms with Crippen molar-refractivity contribution >= 4 is 6.03 Å². The lowest BCUT2D eigenvalue weighted by molar-refractivity contribution is 0.0190. The summed E-state index contributed by atoms with van der Waals surface area (Å²) in [6.07, 6.45) is 1.77. The third kappa shape index (κ3) is 2.94. The number of urea groups is 1. The number of fused-ring (bicyclic) bond motifs is 1. The van der Waals surface area contributed by atoms with E-state index in [-0.39, 0.29) is 11.4 Å². The summed E-state index contributed by atoms with van der Waals surface area (Å²) in [6, 6.07) is 5.87. The molecule has 22 heavy (non-hydrogen) atoms. The number of amides is 2. The van der Waals surface area contributed by atoms with Crippen molar-refractivity contribution in [2.24, 2.45) is 11.3 Å². The van der Waals surface area contributed by atoms with E-state index in [2.05, 4.69) is 4.98 Å². The average Bonchev–Trinajstić information content (AvgIpc) is 3.04. The molecule has 6 nitrogen and oxygen atoms in total. The van der Waals surface area contributed by atoms with E-state index in [9.17, 15) is 4.79 Å². The number of carbonyl (C=O) groups is 1. The van der Waals surface area contributed by atoms with Gasteiger partial charge in [-0.25, -0.2) is 4.79 Å². The van der Waals surface area contributed by atoms with Crippen LogP contribution in [0.4, 0.5) is 4.79 Å². The van der Waals surface area contributed by atoms with Gasteiger partial charge in [-0.3, -0.25) is 4.98 Å². The van der Waals surface area contributed by atoms with Gasteiger partial charge >= 0.3 is 6.03 Å². The smallest absolute Gasteiger partial charge is 0.319 e. The molecule has 2 saturated heterocycles. The maximum atomic E-state index is 12.2. The predicted octanol–water partition coefficient (Wildman–Crippen LogP) is 1.23. The number of nitrogens with zero attached hydrogens (tertiary/aromatic N) is 3. The van der Waals surface area contributed by atoms with E-state index in [4.69, 9.17) is 9.47 Å². The van der Waals surface area contributed by atoms with Gasteiger partial charge in [0.1, 0.15) is 0 Å². The topological polar surface area (TPSA) is 54.9 Å². The molecule has 2 fully saturated rings. The van der Waals surface area contributed by atoms with Crippen LogP contribution in [-0.4, -0.2) is 67.8 Å². The second kappa shape index (κ2) is 6.22. The van der Waals surface area contributed by atoms with E-state index in [1.165, 1.54) is 0 Å². The maximum absolute atomic E-state index is 12.2. The molecule has 120 valence electrons. The van der Waals surface area contributed by atoms with Crippen molar-refractivity contribution in [2.75, 3.05) is 47.0 Å². The van der Waals surface area contributed by atoms with Gasteiger partial charge in [0.15, 0.2) is 0 Å². The van der Waals surface area contributed by atoms with Crippen LogP contribution in [0.15, 0.2) is 24.4 Å². The molecule has 0 N–H and O–H groups in total. The Kier molecular flexibility index (Phi) is 4.31. The highest BCUT2D eigenvalue weighted by atomic mass is 16.5. The molecule has 6 heteroatoms. The lowest BCUT2D eigenvalue weighted by Gasteiger charge is -2.27. The molecule has 2 aliphatic rings. The Hall–Kier alpha value is -1.66. The predicted molar refractivity (Wildman–Crippen MR) is 81.3 cm³/mol. The Bertz CT molecular complexity index is 523. The number of rotatable bonds is 4. The highest BCUT2D eigenvalue weighted by molar-refractivity contribution is 5.74. The SMILES string of the molecule is CN(C)C(=O)N1C[C@@H]2COC[C@]2(COCc2ccccn2)C1. The Morgan fingerprint density at radius 1 is 1.55 bits per heavy atom. The minimum Gasteiger partial charge on any atom is -0.380 e. The molecule has 0 radical (unpaired) electrons. The Labute approximate surface area is 131 Å². The lowest BCUT2D eigenvalue weighted by Crippen LogP contribution is -2.41. The molecule has 1 aromatic heterocycles. The first-order valence-electron chi connectivity index (χ1n) is 7.62.